The number of amides is 1. The molecule has 1 aliphatic rings. The molecule has 0 atom stereocenters. The quantitative estimate of drug-likeness (QED) is 0.599. The summed E-state index contributed by atoms with van der Waals surface area (Å²) in [5.74, 6) is 0.783. The summed E-state index contributed by atoms with van der Waals surface area (Å²) < 4.78 is 5.27. The normalized spacial score (nSPS) is 13.3. The fourth-order valence-corrected chi connectivity index (χ4v) is 1.38. The number of rotatable bonds is 0. The molecule has 0 saturated carbocycles. The Labute approximate surface area is 89.7 Å². The maximum Gasteiger partial charge on any atom is 0.264 e. The Bertz CT molecular complexity index is 396. The first-order valence-corrected chi connectivity index (χ1v) is 4.52. The van der Waals surface area contributed by atoms with E-state index in [1.165, 1.54) is 0 Å². The Kier molecular flexibility index (Phi) is 3.35. The van der Waals surface area contributed by atoms with Crippen molar-refractivity contribution in [1.29, 1.82) is 0 Å². The summed E-state index contributed by atoms with van der Waals surface area (Å²) in [6, 6.07) is 5.82. The zero-order valence-corrected chi connectivity index (χ0v) is 8.86. The van der Waals surface area contributed by atoms with E-state index in [2.05, 4.69) is 12.8 Å². The number of hydrogen-bond acceptors (Lipinski definition) is 2. The minimum Gasteiger partial charge on any atom is -0.482 e. The molecule has 0 radical (unpaired) electrons. The number of fused-ring (bicyclic) bond motifs is 1. The lowest BCUT2D eigenvalue weighted by Gasteiger charge is -2.25. The second-order valence-electron chi connectivity index (χ2n) is 3.21. The number of aryl methyl sites for hydroxylation is 1. The number of nitrogens with zero attached hydrogens (tertiary/aromatic N) is 1. The predicted octanol–water partition coefficient (Wildman–Crippen LogP) is 1.60. The highest BCUT2D eigenvalue weighted by Gasteiger charge is 2.21. The minimum absolute atomic E-state index is 0.00176. The van der Waals surface area contributed by atoms with Gasteiger partial charge in [0.2, 0.25) is 0 Å². The van der Waals surface area contributed by atoms with Crippen LogP contribution in [-0.2, 0) is 4.79 Å². The number of likely N-dealkylation sites (N-methyl/N-ethyl adjacent to an activating group) is 1. The molecule has 3 heteroatoms. The number of benzene rings is 1. The van der Waals surface area contributed by atoms with Gasteiger partial charge in [0.05, 0.1) is 5.69 Å². The first kappa shape index (κ1) is 11.1. The summed E-state index contributed by atoms with van der Waals surface area (Å²) in [5.41, 5.74) is 1.99. The van der Waals surface area contributed by atoms with Gasteiger partial charge in [0, 0.05) is 7.05 Å². The molecule has 1 aromatic carbocycles. The molecule has 0 spiro atoms. The van der Waals surface area contributed by atoms with Crippen LogP contribution in [0.1, 0.15) is 5.56 Å². The summed E-state index contributed by atoms with van der Waals surface area (Å²) in [6.45, 7) is 2.14. The highest BCUT2D eigenvalue weighted by molar-refractivity contribution is 5.97. The van der Waals surface area contributed by atoms with E-state index in [9.17, 15) is 4.79 Å². The molecular weight excluding hydrogens is 190 g/mol. The second kappa shape index (κ2) is 4.52. The van der Waals surface area contributed by atoms with Crippen LogP contribution in [0.4, 0.5) is 5.69 Å². The molecule has 0 fully saturated rings. The van der Waals surface area contributed by atoms with Crippen molar-refractivity contribution in [2.24, 2.45) is 0 Å². The number of hydrogen-bond donors (Lipinski definition) is 0. The van der Waals surface area contributed by atoms with Crippen LogP contribution in [0.15, 0.2) is 18.2 Å². The molecule has 1 aliphatic heterocycles. The number of anilines is 1. The molecule has 0 unspecified atom stereocenters. The van der Waals surface area contributed by atoms with Crippen molar-refractivity contribution in [2.75, 3.05) is 18.6 Å². The molecule has 2 rings (SSSR count). The summed E-state index contributed by atoms with van der Waals surface area (Å²) in [4.78, 5) is 12.9. The third kappa shape index (κ3) is 2.10. The van der Waals surface area contributed by atoms with Crippen molar-refractivity contribution >= 4 is 11.6 Å². The monoisotopic (exact) mass is 203 g/mol. The van der Waals surface area contributed by atoms with E-state index in [0.29, 0.717) is 0 Å². The zero-order chi connectivity index (χ0) is 11.4. The minimum atomic E-state index is -0.00176. The maximum atomic E-state index is 11.3. The summed E-state index contributed by atoms with van der Waals surface area (Å²) in [5, 5.41) is 0. The molecule has 0 aromatic heterocycles. The van der Waals surface area contributed by atoms with Crippen LogP contribution >= 0.6 is 0 Å². The molecule has 0 N–H and O–H groups in total. The van der Waals surface area contributed by atoms with Gasteiger partial charge in [0.25, 0.3) is 5.91 Å². The summed E-state index contributed by atoms with van der Waals surface area (Å²) >= 11 is 0. The van der Waals surface area contributed by atoms with Crippen molar-refractivity contribution in [3.8, 4) is 18.6 Å². The molecule has 1 aromatic rings. The smallest absolute Gasteiger partial charge is 0.264 e. The van der Waals surface area contributed by atoms with Gasteiger partial charge < -0.3 is 9.64 Å². The summed E-state index contributed by atoms with van der Waals surface area (Å²) in [6.07, 6.45) is 8.00. The van der Waals surface area contributed by atoms with E-state index in [-0.39, 0.29) is 12.5 Å². The summed E-state index contributed by atoms with van der Waals surface area (Å²) in [7, 11) is 1.77. The lowest BCUT2D eigenvalue weighted by Crippen LogP contribution is -2.35. The van der Waals surface area contributed by atoms with E-state index < -0.39 is 0 Å². The van der Waals surface area contributed by atoms with Crippen LogP contribution in [0.25, 0.3) is 0 Å². The standard InChI is InChI=1S/C10H11NO2.C2H2/c1-7-3-4-9-8(5-7)11(2)10(12)6-13-9;1-2/h3-5H,6H2,1-2H3;1-2H. The van der Waals surface area contributed by atoms with E-state index in [1.54, 1.807) is 11.9 Å². The molecule has 1 heterocycles. The molecule has 1 amide bonds. The molecule has 15 heavy (non-hydrogen) atoms. The van der Waals surface area contributed by atoms with Crippen molar-refractivity contribution in [2.45, 2.75) is 6.92 Å². The second-order valence-corrected chi connectivity index (χ2v) is 3.21. The third-order valence-electron chi connectivity index (χ3n) is 2.20. The van der Waals surface area contributed by atoms with Gasteiger partial charge in [-0.1, -0.05) is 6.07 Å². The number of carbonyl (C=O) groups is 1. The van der Waals surface area contributed by atoms with Crippen LogP contribution in [0.5, 0.6) is 5.75 Å². The van der Waals surface area contributed by atoms with E-state index >= 15 is 0 Å². The van der Waals surface area contributed by atoms with Crippen molar-refractivity contribution < 1.29 is 9.53 Å². The van der Waals surface area contributed by atoms with Gasteiger partial charge in [-0.3, -0.25) is 4.79 Å². The Morgan fingerprint density at radius 3 is 2.73 bits per heavy atom. The third-order valence-corrected chi connectivity index (χ3v) is 2.20. The van der Waals surface area contributed by atoms with Crippen LogP contribution in [-0.4, -0.2) is 19.6 Å². The number of ether oxygens (including phenoxy) is 1. The van der Waals surface area contributed by atoms with Gasteiger partial charge in [-0.05, 0) is 24.6 Å². The highest BCUT2D eigenvalue weighted by atomic mass is 16.5. The molecular formula is C12H13NO2. The van der Waals surface area contributed by atoms with Crippen LogP contribution in [0.2, 0.25) is 0 Å². The van der Waals surface area contributed by atoms with Gasteiger partial charge >= 0.3 is 0 Å². The fraction of sp³-hybridized carbons (Fsp3) is 0.250. The predicted molar refractivity (Wildman–Crippen MR) is 60.0 cm³/mol. The Balaban J connectivity index is 0.000000531. The molecule has 0 bridgehead atoms. The zero-order valence-electron chi connectivity index (χ0n) is 8.86. The highest BCUT2D eigenvalue weighted by Crippen LogP contribution is 2.31. The van der Waals surface area contributed by atoms with E-state index in [1.807, 2.05) is 25.1 Å². The van der Waals surface area contributed by atoms with Gasteiger partial charge in [0.15, 0.2) is 6.61 Å². The Morgan fingerprint density at radius 1 is 1.40 bits per heavy atom. The van der Waals surface area contributed by atoms with Crippen LogP contribution in [0, 0.1) is 19.8 Å². The van der Waals surface area contributed by atoms with Crippen molar-refractivity contribution in [3.63, 3.8) is 0 Å². The number of terminal acetylenes is 1. The maximum absolute atomic E-state index is 11.3. The largest absolute Gasteiger partial charge is 0.482 e. The fourth-order valence-electron chi connectivity index (χ4n) is 1.38. The lowest BCUT2D eigenvalue weighted by atomic mass is 10.2. The molecule has 3 nitrogen and oxygen atoms in total. The molecule has 78 valence electrons. The topological polar surface area (TPSA) is 29.5 Å². The van der Waals surface area contributed by atoms with Gasteiger partial charge in [0.1, 0.15) is 5.75 Å². The van der Waals surface area contributed by atoms with Crippen molar-refractivity contribution in [1.82, 2.24) is 0 Å². The lowest BCUT2D eigenvalue weighted by molar-refractivity contribution is -0.120. The van der Waals surface area contributed by atoms with Gasteiger partial charge in [-0.2, -0.15) is 0 Å². The Hall–Kier alpha value is -1.95. The molecule has 0 saturated heterocycles. The van der Waals surface area contributed by atoms with Crippen LogP contribution < -0.4 is 9.64 Å². The average Bonchev–Trinajstić information content (AvgIpc) is 2.27. The molecule has 0 aliphatic carbocycles. The van der Waals surface area contributed by atoms with E-state index in [0.717, 1.165) is 17.0 Å². The number of carbonyl (C=O) groups excluding carboxylic acids is 1. The van der Waals surface area contributed by atoms with Crippen LogP contribution in [0.3, 0.4) is 0 Å². The van der Waals surface area contributed by atoms with E-state index in [4.69, 9.17) is 4.74 Å². The van der Waals surface area contributed by atoms with Crippen molar-refractivity contribution in [3.05, 3.63) is 23.8 Å². The SMILES string of the molecule is C#C.Cc1ccc2c(c1)N(C)C(=O)CO2. The van der Waals surface area contributed by atoms with Gasteiger partial charge in [-0.15, -0.1) is 12.8 Å². The first-order valence-electron chi connectivity index (χ1n) is 4.52. The first-order chi connectivity index (χ1) is 7.18. The Morgan fingerprint density at radius 2 is 2.07 bits per heavy atom. The van der Waals surface area contributed by atoms with Gasteiger partial charge in [-0.25, -0.2) is 0 Å². The average molecular weight is 203 g/mol.